The number of carbonyl (C=O) groups excluding carboxylic acids is 1. The summed E-state index contributed by atoms with van der Waals surface area (Å²) in [6, 6.07) is 13.4. The van der Waals surface area contributed by atoms with Gasteiger partial charge in [0.1, 0.15) is 10.7 Å². The Morgan fingerprint density at radius 1 is 1.03 bits per heavy atom. The minimum absolute atomic E-state index is 0.407. The van der Waals surface area contributed by atoms with Gasteiger partial charge in [0, 0.05) is 48.8 Å². The molecule has 0 aromatic carbocycles. The topological polar surface area (TPSA) is 83.9 Å². The first-order chi connectivity index (χ1) is 14.8. The molecule has 0 spiro atoms. The van der Waals surface area contributed by atoms with E-state index in [1.54, 1.807) is 29.7 Å². The fourth-order valence-corrected chi connectivity index (χ4v) is 3.61. The number of amides is 1. The van der Waals surface area contributed by atoms with E-state index in [1.165, 1.54) is 11.3 Å². The molecular weight excluding hydrogens is 396 g/mol. The lowest BCUT2D eigenvalue weighted by Gasteiger charge is -2.21. The smallest absolute Gasteiger partial charge is 0.214 e. The first-order valence-electron chi connectivity index (χ1n) is 9.49. The summed E-state index contributed by atoms with van der Waals surface area (Å²) < 4.78 is 0. The van der Waals surface area contributed by atoms with Gasteiger partial charge in [-0.25, -0.2) is 9.97 Å². The van der Waals surface area contributed by atoms with Gasteiger partial charge >= 0.3 is 0 Å². The summed E-state index contributed by atoms with van der Waals surface area (Å²) in [5.74, 6) is 0.634. The molecule has 150 valence electrons. The number of pyridine rings is 3. The number of carbonyl (C=O) groups is 1. The third-order valence-corrected chi connectivity index (χ3v) is 5.23. The van der Waals surface area contributed by atoms with E-state index in [0.717, 1.165) is 34.8 Å². The zero-order valence-corrected chi connectivity index (χ0v) is 17.0. The van der Waals surface area contributed by atoms with Crippen LogP contribution in [0, 0.1) is 0 Å². The first kappa shape index (κ1) is 19.7. The van der Waals surface area contributed by atoms with Gasteiger partial charge in [0.2, 0.25) is 6.41 Å². The van der Waals surface area contributed by atoms with E-state index < -0.39 is 0 Å². The van der Waals surface area contributed by atoms with Crippen LogP contribution < -0.4 is 10.2 Å². The molecule has 4 aromatic rings. The highest BCUT2D eigenvalue weighted by atomic mass is 32.1. The highest BCUT2D eigenvalue weighted by molar-refractivity contribution is 7.13. The molecule has 7 nitrogen and oxygen atoms in total. The molecule has 0 saturated heterocycles. The van der Waals surface area contributed by atoms with Crippen molar-refractivity contribution in [3.05, 3.63) is 83.9 Å². The maximum Gasteiger partial charge on any atom is 0.214 e. The van der Waals surface area contributed by atoms with Crippen molar-refractivity contribution in [3.63, 3.8) is 0 Å². The molecule has 30 heavy (non-hydrogen) atoms. The second kappa shape index (κ2) is 9.71. The molecule has 0 atom stereocenters. The van der Waals surface area contributed by atoms with Gasteiger partial charge in [-0.3, -0.25) is 14.8 Å². The number of hydrogen-bond donors (Lipinski definition) is 1. The van der Waals surface area contributed by atoms with E-state index in [4.69, 9.17) is 4.98 Å². The molecular formula is C22H20N6OS. The van der Waals surface area contributed by atoms with Gasteiger partial charge in [-0.2, -0.15) is 0 Å². The quantitative estimate of drug-likeness (QED) is 0.418. The van der Waals surface area contributed by atoms with Gasteiger partial charge in [0.05, 0.1) is 12.2 Å². The van der Waals surface area contributed by atoms with Crippen LogP contribution in [0.5, 0.6) is 0 Å². The Bertz CT molecular complexity index is 1070. The number of aromatic nitrogens is 4. The molecule has 0 radical (unpaired) electrons. The van der Waals surface area contributed by atoms with Crippen LogP contribution in [-0.2, 0) is 17.8 Å². The molecule has 4 rings (SSSR count). The average Bonchev–Trinajstić information content (AvgIpc) is 3.34. The van der Waals surface area contributed by atoms with Crippen LogP contribution in [-0.4, -0.2) is 32.9 Å². The maximum atomic E-state index is 11.9. The summed E-state index contributed by atoms with van der Waals surface area (Å²) in [6.45, 7) is 1.04. The Hall–Kier alpha value is -3.65. The number of hydrogen-bond acceptors (Lipinski definition) is 7. The lowest BCUT2D eigenvalue weighted by atomic mass is 10.2. The van der Waals surface area contributed by atoms with Crippen LogP contribution in [0.25, 0.3) is 10.7 Å². The van der Waals surface area contributed by atoms with Crippen LogP contribution in [0.4, 0.5) is 11.5 Å². The highest BCUT2D eigenvalue weighted by Crippen LogP contribution is 2.29. The van der Waals surface area contributed by atoms with Crippen LogP contribution in [0.1, 0.15) is 11.3 Å². The lowest BCUT2D eigenvalue weighted by Crippen LogP contribution is -2.23. The summed E-state index contributed by atoms with van der Waals surface area (Å²) in [5.41, 5.74) is 3.40. The van der Waals surface area contributed by atoms with Crippen molar-refractivity contribution in [1.29, 1.82) is 0 Å². The van der Waals surface area contributed by atoms with Crippen molar-refractivity contribution in [3.8, 4) is 10.7 Å². The van der Waals surface area contributed by atoms with Gasteiger partial charge in [0.25, 0.3) is 0 Å². The second-order valence-corrected chi connectivity index (χ2v) is 7.39. The molecule has 0 aliphatic carbocycles. The number of rotatable bonds is 9. The van der Waals surface area contributed by atoms with Crippen molar-refractivity contribution in [1.82, 2.24) is 19.9 Å². The third-order valence-electron chi connectivity index (χ3n) is 4.44. The molecule has 4 heterocycles. The minimum Gasteiger partial charge on any atom is -0.368 e. The van der Waals surface area contributed by atoms with E-state index in [9.17, 15) is 4.79 Å². The molecule has 0 aliphatic heterocycles. The molecule has 1 amide bonds. The van der Waals surface area contributed by atoms with Crippen molar-refractivity contribution < 1.29 is 4.79 Å². The normalized spacial score (nSPS) is 10.5. The molecule has 0 aliphatic rings. The molecule has 1 N–H and O–H groups in total. The van der Waals surface area contributed by atoms with Gasteiger partial charge in [-0.1, -0.05) is 12.1 Å². The zero-order valence-electron chi connectivity index (χ0n) is 16.2. The van der Waals surface area contributed by atoms with Crippen LogP contribution >= 0.6 is 11.3 Å². The Balaban J connectivity index is 1.59. The van der Waals surface area contributed by atoms with E-state index in [-0.39, 0.29) is 0 Å². The van der Waals surface area contributed by atoms with Crippen LogP contribution in [0.15, 0.2) is 72.6 Å². The van der Waals surface area contributed by atoms with Crippen LogP contribution in [0.3, 0.4) is 0 Å². The monoisotopic (exact) mass is 416 g/mol. The second-order valence-electron chi connectivity index (χ2n) is 6.49. The van der Waals surface area contributed by atoms with Crippen molar-refractivity contribution >= 4 is 29.3 Å². The summed E-state index contributed by atoms with van der Waals surface area (Å²) in [4.78, 5) is 31.1. The predicted molar refractivity (Wildman–Crippen MR) is 118 cm³/mol. The largest absolute Gasteiger partial charge is 0.368 e. The van der Waals surface area contributed by atoms with Crippen LogP contribution in [0.2, 0.25) is 0 Å². The summed E-state index contributed by atoms with van der Waals surface area (Å²) in [6.07, 6.45) is 8.56. The molecule has 0 saturated carbocycles. The summed E-state index contributed by atoms with van der Waals surface area (Å²) >= 11 is 1.53. The Labute approximate surface area is 178 Å². The van der Waals surface area contributed by atoms with Crippen molar-refractivity contribution in [2.24, 2.45) is 0 Å². The lowest BCUT2D eigenvalue weighted by molar-refractivity contribution is -0.107. The van der Waals surface area contributed by atoms with E-state index in [1.807, 2.05) is 47.8 Å². The molecule has 4 aromatic heterocycles. The van der Waals surface area contributed by atoms with Crippen molar-refractivity contribution in [2.75, 3.05) is 16.8 Å². The standard InChI is InChI=1S/C22H20N6OS/c29-16-28(15-17-4-3-9-23-14-17)20-7-6-19(22-26-12-13-30-22)27-21(20)25-11-8-18-5-1-2-10-24-18/h1-7,9-10,12-14,16H,8,11,15H2,(H,25,27). The Kier molecular flexibility index (Phi) is 6.36. The van der Waals surface area contributed by atoms with Crippen molar-refractivity contribution in [2.45, 2.75) is 13.0 Å². The number of thiazole rings is 1. The zero-order chi connectivity index (χ0) is 20.6. The fourth-order valence-electron chi connectivity index (χ4n) is 3.01. The third kappa shape index (κ3) is 4.84. The van der Waals surface area contributed by atoms with Gasteiger partial charge in [-0.15, -0.1) is 11.3 Å². The molecule has 0 unspecified atom stereocenters. The van der Waals surface area contributed by atoms with E-state index >= 15 is 0 Å². The SMILES string of the molecule is O=CN(Cc1cccnc1)c1ccc(-c2nccs2)nc1NCCc1ccccn1. The van der Waals surface area contributed by atoms with E-state index in [0.29, 0.717) is 24.6 Å². The Morgan fingerprint density at radius 3 is 2.73 bits per heavy atom. The number of nitrogens with one attached hydrogen (secondary N) is 1. The number of anilines is 2. The highest BCUT2D eigenvalue weighted by Gasteiger charge is 2.15. The maximum absolute atomic E-state index is 11.9. The fraction of sp³-hybridized carbons (Fsp3) is 0.136. The average molecular weight is 417 g/mol. The predicted octanol–water partition coefficient (Wildman–Crippen LogP) is 3.81. The molecule has 8 heteroatoms. The molecule has 0 bridgehead atoms. The van der Waals surface area contributed by atoms with Gasteiger partial charge in [0.15, 0.2) is 5.82 Å². The minimum atomic E-state index is 0.407. The number of nitrogens with zero attached hydrogens (tertiary/aromatic N) is 5. The summed E-state index contributed by atoms with van der Waals surface area (Å²) in [5, 5.41) is 6.12. The van der Waals surface area contributed by atoms with E-state index in [2.05, 4.69) is 20.3 Å². The van der Waals surface area contributed by atoms with Gasteiger partial charge < -0.3 is 10.2 Å². The molecule has 0 fully saturated rings. The Morgan fingerprint density at radius 2 is 2.00 bits per heavy atom. The first-order valence-corrected chi connectivity index (χ1v) is 10.4. The van der Waals surface area contributed by atoms with Gasteiger partial charge in [-0.05, 0) is 35.9 Å². The summed E-state index contributed by atoms with van der Waals surface area (Å²) in [7, 11) is 0.